The number of benzene rings is 2. The third kappa shape index (κ3) is 3.38. The molecule has 0 N–H and O–H groups in total. The summed E-state index contributed by atoms with van der Waals surface area (Å²) in [6.07, 6.45) is -3.06. The fraction of sp³-hybridized carbons (Fsp3) is 0.158. The highest BCUT2D eigenvalue weighted by Crippen LogP contribution is 2.30. The van der Waals surface area contributed by atoms with Gasteiger partial charge in [-0.25, -0.2) is 9.50 Å². The van der Waals surface area contributed by atoms with E-state index < -0.39 is 6.36 Å². The molecular weight excluding hydrogens is 359 g/mol. The Balaban J connectivity index is 1.67. The minimum atomic E-state index is -4.77. The van der Waals surface area contributed by atoms with Gasteiger partial charge < -0.3 is 9.47 Å². The van der Waals surface area contributed by atoms with Crippen molar-refractivity contribution in [3.05, 3.63) is 66.0 Å². The maximum atomic E-state index is 12.6. The van der Waals surface area contributed by atoms with E-state index in [2.05, 4.69) is 14.8 Å². The molecule has 0 bridgehead atoms. The van der Waals surface area contributed by atoms with Crippen LogP contribution in [0.3, 0.4) is 0 Å². The fourth-order valence-corrected chi connectivity index (χ4v) is 2.87. The molecule has 2 aromatic heterocycles. The molecule has 0 fully saturated rings. The van der Waals surface area contributed by atoms with Gasteiger partial charge in [0, 0.05) is 17.1 Å². The zero-order valence-electron chi connectivity index (χ0n) is 14.2. The quantitative estimate of drug-likeness (QED) is 0.522. The van der Waals surface area contributed by atoms with Crippen LogP contribution in [0.15, 0.2) is 54.7 Å². The van der Waals surface area contributed by atoms with Crippen LogP contribution in [0.5, 0.6) is 11.5 Å². The number of halogens is 3. The number of nitrogens with zero attached hydrogens (tertiary/aromatic N) is 3. The van der Waals surface area contributed by atoms with Gasteiger partial charge in [-0.1, -0.05) is 36.4 Å². The van der Waals surface area contributed by atoms with Gasteiger partial charge in [-0.05, 0) is 19.1 Å². The molecule has 0 spiro atoms. The van der Waals surface area contributed by atoms with Crippen LogP contribution in [0.2, 0.25) is 0 Å². The van der Waals surface area contributed by atoms with E-state index in [-0.39, 0.29) is 17.9 Å². The topological polar surface area (TPSA) is 48.7 Å². The number of ether oxygens (including phenoxy) is 2. The third-order valence-electron chi connectivity index (χ3n) is 4.04. The van der Waals surface area contributed by atoms with Crippen molar-refractivity contribution in [2.24, 2.45) is 0 Å². The lowest BCUT2D eigenvalue weighted by atomic mass is 10.2. The highest BCUT2D eigenvalue weighted by atomic mass is 19.4. The standard InChI is InChI=1S/C19H14F3N3O2/c1-12-17(18-23-10-13-6-2-4-8-15(13)25(18)24-12)26-11-14-7-3-5-9-16(14)27-19(20,21)22/h2-10H,11H2,1H3. The fourth-order valence-electron chi connectivity index (χ4n) is 2.87. The molecule has 27 heavy (non-hydrogen) atoms. The minimum absolute atomic E-state index is 0.108. The molecule has 0 aliphatic carbocycles. The van der Waals surface area contributed by atoms with Crippen molar-refractivity contribution < 1.29 is 22.6 Å². The van der Waals surface area contributed by atoms with Crippen LogP contribution in [0.1, 0.15) is 11.3 Å². The lowest BCUT2D eigenvalue weighted by molar-refractivity contribution is -0.275. The van der Waals surface area contributed by atoms with E-state index >= 15 is 0 Å². The van der Waals surface area contributed by atoms with E-state index in [0.717, 1.165) is 10.9 Å². The Morgan fingerprint density at radius 3 is 2.59 bits per heavy atom. The molecule has 0 aliphatic rings. The molecule has 4 aromatic rings. The van der Waals surface area contributed by atoms with E-state index in [4.69, 9.17) is 4.74 Å². The van der Waals surface area contributed by atoms with Crippen molar-refractivity contribution >= 4 is 16.6 Å². The number of fused-ring (bicyclic) bond motifs is 3. The molecule has 2 aromatic carbocycles. The van der Waals surface area contributed by atoms with E-state index in [1.54, 1.807) is 23.7 Å². The summed E-state index contributed by atoms with van der Waals surface area (Å²) in [5.41, 5.74) is 2.23. The molecule has 5 nitrogen and oxygen atoms in total. The van der Waals surface area contributed by atoms with Crippen molar-refractivity contribution in [3.63, 3.8) is 0 Å². The number of hydrogen-bond donors (Lipinski definition) is 0. The Morgan fingerprint density at radius 2 is 1.78 bits per heavy atom. The molecular formula is C19H14F3N3O2. The van der Waals surface area contributed by atoms with Crippen molar-refractivity contribution in [2.75, 3.05) is 0 Å². The zero-order valence-corrected chi connectivity index (χ0v) is 14.2. The Hall–Kier alpha value is -3.29. The predicted molar refractivity (Wildman–Crippen MR) is 92.7 cm³/mol. The van der Waals surface area contributed by atoms with Crippen LogP contribution in [-0.2, 0) is 6.61 Å². The summed E-state index contributed by atoms with van der Waals surface area (Å²) in [6, 6.07) is 13.5. The molecule has 0 saturated carbocycles. The van der Waals surface area contributed by atoms with E-state index in [9.17, 15) is 13.2 Å². The average Bonchev–Trinajstić information content (AvgIpc) is 2.95. The van der Waals surface area contributed by atoms with E-state index in [0.29, 0.717) is 17.1 Å². The van der Waals surface area contributed by atoms with Gasteiger partial charge >= 0.3 is 6.36 Å². The first kappa shape index (κ1) is 17.1. The minimum Gasteiger partial charge on any atom is -0.483 e. The molecule has 0 radical (unpaired) electrons. The van der Waals surface area contributed by atoms with E-state index in [1.165, 1.54) is 18.2 Å². The monoisotopic (exact) mass is 373 g/mol. The normalized spacial score (nSPS) is 11.9. The number of aryl methyl sites for hydroxylation is 1. The van der Waals surface area contributed by atoms with Gasteiger partial charge in [0.1, 0.15) is 18.1 Å². The molecule has 2 heterocycles. The predicted octanol–water partition coefficient (Wildman–Crippen LogP) is 4.67. The molecule has 0 atom stereocenters. The first-order chi connectivity index (χ1) is 12.9. The summed E-state index contributed by atoms with van der Waals surface area (Å²) >= 11 is 0. The average molecular weight is 373 g/mol. The highest BCUT2D eigenvalue weighted by molar-refractivity contribution is 5.81. The van der Waals surface area contributed by atoms with Crippen LogP contribution in [0.4, 0.5) is 13.2 Å². The number of para-hydroxylation sites is 2. The van der Waals surface area contributed by atoms with Gasteiger partial charge in [-0.3, -0.25) is 0 Å². The largest absolute Gasteiger partial charge is 0.573 e. The van der Waals surface area contributed by atoms with E-state index in [1.807, 2.05) is 24.3 Å². The lowest BCUT2D eigenvalue weighted by Crippen LogP contribution is -2.18. The summed E-state index contributed by atoms with van der Waals surface area (Å²) in [5, 5.41) is 5.37. The Labute approximate surface area is 152 Å². The van der Waals surface area contributed by atoms with Gasteiger partial charge in [-0.15, -0.1) is 13.2 Å². The van der Waals surface area contributed by atoms with Crippen molar-refractivity contribution in [3.8, 4) is 11.5 Å². The SMILES string of the molecule is Cc1nn2c(ncc3ccccc32)c1OCc1ccccc1OC(F)(F)F. The summed E-state index contributed by atoms with van der Waals surface area (Å²) < 4.78 is 49.2. The molecule has 8 heteroatoms. The summed E-state index contributed by atoms with van der Waals surface area (Å²) in [7, 11) is 0. The second-order valence-electron chi connectivity index (χ2n) is 5.91. The van der Waals surface area contributed by atoms with Crippen LogP contribution in [0, 0.1) is 6.92 Å². The Bertz CT molecular complexity index is 1120. The van der Waals surface area contributed by atoms with Crippen molar-refractivity contribution in [2.45, 2.75) is 19.9 Å². The number of rotatable bonds is 4. The van der Waals surface area contributed by atoms with Crippen LogP contribution >= 0.6 is 0 Å². The molecule has 0 amide bonds. The molecule has 0 aliphatic heterocycles. The smallest absolute Gasteiger partial charge is 0.483 e. The molecule has 0 unspecified atom stereocenters. The Kier molecular flexibility index (Phi) is 4.10. The van der Waals surface area contributed by atoms with Gasteiger partial charge in [0.15, 0.2) is 11.4 Å². The molecule has 138 valence electrons. The van der Waals surface area contributed by atoms with Crippen LogP contribution in [0.25, 0.3) is 16.6 Å². The number of aromatic nitrogens is 3. The lowest BCUT2D eigenvalue weighted by Gasteiger charge is -2.13. The van der Waals surface area contributed by atoms with Gasteiger partial charge in [0.05, 0.1) is 5.52 Å². The first-order valence-corrected chi connectivity index (χ1v) is 8.12. The third-order valence-corrected chi connectivity index (χ3v) is 4.04. The summed E-state index contributed by atoms with van der Waals surface area (Å²) in [6.45, 7) is 1.65. The van der Waals surface area contributed by atoms with Gasteiger partial charge in [0.2, 0.25) is 0 Å². The summed E-state index contributed by atoms with van der Waals surface area (Å²) in [5.74, 6) is 0.125. The number of alkyl halides is 3. The maximum Gasteiger partial charge on any atom is 0.573 e. The maximum absolute atomic E-state index is 12.6. The van der Waals surface area contributed by atoms with Crippen LogP contribution < -0.4 is 9.47 Å². The first-order valence-electron chi connectivity index (χ1n) is 8.12. The van der Waals surface area contributed by atoms with Crippen molar-refractivity contribution in [1.29, 1.82) is 0 Å². The van der Waals surface area contributed by atoms with Crippen LogP contribution in [-0.4, -0.2) is 21.0 Å². The van der Waals surface area contributed by atoms with Crippen molar-refractivity contribution in [1.82, 2.24) is 14.6 Å². The van der Waals surface area contributed by atoms with Gasteiger partial charge in [-0.2, -0.15) is 5.10 Å². The summed E-state index contributed by atoms with van der Waals surface area (Å²) in [4.78, 5) is 4.39. The van der Waals surface area contributed by atoms with Gasteiger partial charge in [0.25, 0.3) is 0 Å². The number of hydrogen-bond acceptors (Lipinski definition) is 4. The zero-order chi connectivity index (χ0) is 19.0. The Morgan fingerprint density at radius 1 is 1.04 bits per heavy atom. The second-order valence-corrected chi connectivity index (χ2v) is 5.91. The molecule has 4 rings (SSSR count). The highest BCUT2D eigenvalue weighted by Gasteiger charge is 2.32. The molecule has 0 saturated heterocycles. The second kappa shape index (κ2) is 6.46.